The molecule has 2 heterocycles. The van der Waals surface area contributed by atoms with Gasteiger partial charge in [-0.05, 0) is 44.4 Å². The highest BCUT2D eigenvalue weighted by molar-refractivity contribution is 5.94. The number of aromatic hydroxyl groups is 1. The van der Waals surface area contributed by atoms with Crippen molar-refractivity contribution in [2.45, 2.75) is 38.8 Å². The number of amides is 1. The first-order chi connectivity index (χ1) is 12.8. The van der Waals surface area contributed by atoms with Gasteiger partial charge in [0.05, 0.1) is 13.2 Å². The second kappa shape index (κ2) is 7.48. The molecule has 0 spiro atoms. The van der Waals surface area contributed by atoms with Crippen molar-refractivity contribution in [2.75, 3.05) is 13.2 Å². The topological polar surface area (TPSA) is 93.5 Å². The predicted octanol–water partition coefficient (Wildman–Crippen LogP) is 1.72. The van der Waals surface area contributed by atoms with Crippen LogP contribution in [0.3, 0.4) is 0 Å². The molecule has 2 aromatic rings. The molecule has 3 rings (SSSR count). The highest BCUT2D eigenvalue weighted by Gasteiger charge is 2.34. The summed E-state index contributed by atoms with van der Waals surface area (Å²) < 4.78 is 19.8. The van der Waals surface area contributed by atoms with Crippen LogP contribution in [0, 0.1) is 5.82 Å². The van der Waals surface area contributed by atoms with Gasteiger partial charge in [-0.3, -0.25) is 14.2 Å². The Balaban J connectivity index is 1.69. The number of benzene rings is 1. The molecule has 0 atom stereocenters. The molecule has 0 radical (unpaired) electrons. The summed E-state index contributed by atoms with van der Waals surface area (Å²) in [6, 6.07) is 6.16. The van der Waals surface area contributed by atoms with E-state index in [1.54, 1.807) is 26.0 Å². The minimum Gasteiger partial charge on any atom is -0.501 e. The predicted molar refractivity (Wildman–Crippen MR) is 96.2 cm³/mol. The molecule has 7 nitrogen and oxygen atoms in total. The van der Waals surface area contributed by atoms with Gasteiger partial charge in [0.2, 0.25) is 5.75 Å². The van der Waals surface area contributed by atoms with Crippen LogP contribution in [0.25, 0.3) is 0 Å². The molecule has 8 heteroatoms. The molecule has 2 N–H and O–H groups in total. The first-order valence-electron chi connectivity index (χ1n) is 8.80. The van der Waals surface area contributed by atoms with Crippen molar-refractivity contribution in [3.05, 3.63) is 57.5 Å². The van der Waals surface area contributed by atoms with Crippen LogP contribution in [0.1, 0.15) is 42.1 Å². The van der Waals surface area contributed by atoms with E-state index in [1.165, 1.54) is 16.7 Å². The normalized spacial score (nSPS) is 15.2. The Morgan fingerprint density at radius 2 is 2.07 bits per heavy atom. The SMILES string of the molecule is CC1(C)OCCn2c1nc(C(=O)NCCCc1ccc(F)cc1)c(O)c2=O. The molecule has 1 amide bonds. The average Bonchev–Trinajstić information content (AvgIpc) is 2.63. The van der Waals surface area contributed by atoms with Crippen LogP contribution in [-0.2, 0) is 23.3 Å². The molecular formula is C19H22FN3O4. The summed E-state index contributed by atoms with van der Waals surface area (Å²) in [5.74, 6) is -1.26. The summed E-state index contributed by atoms with van der Waals surface area (Å²) in [6.07, 6.45) is 1.28. The number of nitrogens with zero attached hydrogens (tertiary/aromatic N) is 2. The van der Waals surface area contributed by atoms with E-state index in [4.69, 9.17) is 4.74 Å². The number of aromatic nitrogens is 2. The zero-order valence-corrected chi connectivity index (χ0v) is 15.3. The van der Waals surface area contributed by atoms with Gasteiger partial charge in [0.25, 0.3) is 11.5 Å². The average molecular weight is 375 g/mol. The first-order valence-corrected chi connectivity index (χ1v) is 8.80. The second-order valence-electron chi connectivity index (χ2n) is 6.93. The summed E-state index contributed by atoms with van der Waals surface area (Å²) in [4.78, 5) is 29.0. The van der Waals surface area contributed by atoms with E-state index >= 15 is 0 Å². The molecule has 0 aliphatic carbocycles. The highest BCUT2D eigenvalue weighted by atomic mass is 19.1. The molecule has 1 aromatic carbocycles. The number of nitrogens with one attached hydrogen (secondary N) is 1. The van der Waals surface area contributed by atoms with Gasteiger partial charge in [0, 0.05) is 6.54 Å². The highest BCUT2D eigenvalue weighted by Crippen LogP contribution is 2.27. The minimum absolute atomic E-state index is 0.276. The van der Waals surface area contributed by atoms with Gasteiger partial charge >= 0.3 is 0 Å². The fourth-order valence-electron chi connectivity index (χ4n) is 3.06. The van der Waals surface area contributed by atoms with Crippen molar-refractivity contribution < 1.29 is 19.0 Å². The number of rotatable bonds is 5. The minimum atomic E-state index is -0.831. The lowest BCUT2D eigenvalue weighted by Gasteiger charge is -2.32. The Kier molecular flexibility index (Phi) is 5.27. The zero-order chi connectivity index (χ0) is 19.6. The van der Waals surface area contributed by atoms with Gasteiger partial charge < -0.3 is 15.2 Å². The van der Waals surface area contributed by atoms with Crippen LogP contribution < -0.4 is 10.9 Å². The number of carbonyl (C=O) groups excluding carboxylic acids is 1. The number of fused-ring (bicyclic) bond motifs is 1. The number of ether oxygens (including phenoxy) is 1. The molecule has 1 aliphatic rings. The van der Waals surface area contributed by atoms with Crippen LogP contribution >= 0.6 is 0 Å². The fourth-order valence-corrected chi connectivity index (χ4v) is 3.06. The van der Waals surface area contributed by atoms with E-state index in [9.17, 15) is 19.1 Å². The van der Waals surface area contributed by atoms with Crippen LogP contribution in [0.15, 0.2) is 29.1 Å². The lowest BCUT2D eigenvalue weighted by molar-refractivity contribution is -0.0566. The molecule has 0 saturated heterocycles. The van der Waals surface area contributed by atoms with Crippen molar-refractivity contribution in [3.63, 3.8) is 0 Å². The third kappa shape index (κ3) is 4.00. The van der Waals surface area contributed by atoms with Crippen LogP contribution in [-0.4, -0.2) is 33.7 Å². The largest absolute Gasteiger partial charge is 0.501 e. The van der Waals surface area contributed by atoms with Crippen molar-refractivity contribution in [1.29, 1.82) is 0 Å². The lowest BCUT2D eigenvalue weighted by Crippen LogP contribution is -2.42. The third-order valence-electron chi connectivity index (χ3n) is 4.52. The van der Waals surface area contributed by atoms with Crippen LogP contribution in [0.4, 0.5) is 4.39 Å². The lowest BCUT2D eigenvalue weighted by atomic mass is 10.1. The van der Waals surface area contributed by atoms with Gasteiger partial charge in [-0.25, -0.2) is 9.37 Å². The third-order valence-corrected chi connectivity index (χ3v) is 4.52. The molecule has 0 bridgehead atoms. The van der Waals surface area contributed by atoms with E-state index in [-0.39, 0.29) is 18.1 Å². The summed E-state index contributed by atoms with van der Waals surface area (Å²) in [7, 11) is 0. The van der Waals surface area contributed by atoms with Gasteiger partial charge in [-0.1, -0.05) is 12.1 Å². The van der Waals surface area contributed by atoms with Gasteiger partial charge in [-0.2, -0.15) is 0 Å². The summed E-state index contributed by atoms with van der Waals surface area (Å²) >= 11 is 0. The van der Waals surface area contributed by atoms with Crippen LogP contribution in [0.2, 0.25) is 0 Å². The first kappa shape index (κ1) is 19.0. The maximum absolute atomic E-state index is 12.9. The summed E-state index contributed by atoms with van der Waals surface area (Å²) in [6.45, 7) is 4.45. The zero-order valence-electron chi connectivity index (χ0n) is 15.3. The number of carbonyl (C=O) groups is 1. The Labute approximate surface area is 155 Å². The number of hydrogen-bond acceptors (Lipinski definition) is 5. The summed E-state index contributed by atoms with van der Waals surface area (Å²) in [5.41, 5.74) is -0.820. The summed E-state index contributed by atoms with van der Waals surface area (Å²) in [5, 5.41) is 12.8. The molecule has 1 aromatic heterocycles. The van der Waals surface area contributed by atoms with E-state index in [0.717, 1.165) is 5.56 Å². The molecule has 1 aliphatic heterocycles. The standard InChI is InChI=1S/C19H22FN3O4/c1-19(2)18-22-14(15(24)17(26)23(18)10-11-27-19)16(25)21-9-3-4-12-5-7-13(20)8-6-12/h5-8,24H,3-4,9-11H2,1-2H3,(H,21,25). The molecule has 0 saturated carbocycles. The van der Waals surface area contributed by atoms with Crippen molar-refractivity contribution >= 4 is 5.91 Å². The van der Waals surface area contributed by atoms with Gasteiger partial charge in [0.1, 0.15) is 17.2 Å². The maximum Gasteiger partial charge on any atom is 0.296 e. The molecular weight excluding hydrogens is 353 g/mol. The quantitative estimate of drug-likeness (QED) is 0.776. The number of halogens is 1. The molecule has 0 unspecified atom stereocenters. The Bertz CT molecular complexity index is 906. The van der Waals surface area contributed by atoms with E-state index in [0.29, 0.717) is 31.8 Å². The van der Waals surface area contributed by atoms with Crippen LogP contribution in [0.5, 0.6) is 5.75 Å². The maximum atomic E-state index is 12.9. The Morgan fingerprint density at radius 1 is 1.37 bits per heavy atom. The second-order valence-corrected chi connectivity index (χ2v) is 6.93. The van der Waals surface area contributed by atoms with Crippen molar-refractivity contribution in [3.8, 4) is 5.75 Å². The number of hydrogen-bond donors (Lipinski definition) is 2. The molecule has 27 heavy (non-hydrogen) atoms. The van der Waals surface area contributed by atoms with Gasteiger partial charge in [-0.15, -0.1) is 0 Å². The van der Waals surface area contributed by atoms with Gasteiger partial charge in [0.15, 0.2) is 5.69 Å². The Hall–Kier alpha value is -2.74. The van der Waals surface area contributed by atoms with Crippen molar-refractivity contribution in [1.82, 2.24) is 14.9 Å². The molecule has 0 fully saturated rings. The van der Waals surface area contributed by atoms with E-state index in [2.05, 4.69) is 10.3 Å². The number of aryl methyl sites for hydroxylation is 1. The van der Waals surface area contributed by atoms with E-state index < -0.39 is 22.8 Å². The van der Waals surface area contributed by atoms with Crippen molar-refractivity contribution in [2.24, 2.45) is 0 Å². The van der Waals surface area contributed by atoms with E-state index in [1.807, 2.05) is 0 Å². The smallest absolute Gasteiger partial charge is 0.296 e. The fraction of sp³-hybridized carbons (Fsp3) is 0.421. The monoisotopic (exact) mass is 375 g/mol. The molecule has 144 valence electrons. The Morgan fingerprint density at radius 3 is 2.78 bits per heavy atom.